The molecule has 5 nitrogen and oxygen atoms in total. The van der Waals surface area contributed by atoms with Gasteiger partial charge in [-0.05, 0) is 6.42 Å². The molecule has 0 aromatic rings. The molecule has 3 atom stereocenters. The van der Waals surface area contributed by atoms with Crippen molar-refractivity contribution in [3.05, 3.63) is 0 Å². The second-order valence-electron chi connectivity index (χ2n) is 4.75. The Kier molecular flexibility index (Phi) is 3.70. The van der Waals surface area contributed by atoms with Crippen LogP contribution in [0.25, 0.3) is 0 Å². The van der Waals surface area contributed by atoms with Crippen LogP contribution in [0.1, 0.15) is 20.3 Å². The summed E-state index contributed by atoms with van der Waals surface area (Å²) >= 11 is 0. The number of nitrogens with two attached hydrogens (primary N) is 2. The van der Waals surface area contributed by atoms with Crippen molar-refractivity contribution in [3.63, 3.8) is 0 Å². The molecular weight excluding hydrogens is 194 g/mol. The first kappa shape index (κ1) is 12.4. The van der Waals surface area contributed by atoms with Crippen LogP contribution in [0.3, 0.4) is 0 Å². The third-order valence-electron chi connectivity index (χ3n) is 3.41. The number of rotatable bonds is 5. The fraction of sp³-hybridized carbons (Fsp3) is 0.900. The number of primary amides is 1. The maximum atomic E-state index is 10.7. The molecule has 0 heterocycles. The molecule has 1 amide bonds. The van der Waals surface area contributed by atoms with E-state index in [9.17, 15) is 4.79 Å². The molecule has 5 N–H and O–H groups in total. The zero-order valence-electron chi connectivity index (χ0n) is 9.62. The first-order chi connectivity index (χ1) is 6.89. The Hall–Kier alpha value is -0.650. The number of hydrogen-bond donors (Lipinski definition) is 3. The summed E-state index contributed by atoms with van der Waals surface area (Å²) < 4.78 is 5.32. The lowest BCUT2D eigenvalue weighted by atomic mass is 9.64. The highest BCUT2D eigenvalue weighted by Gasteiger charge is 2.48. The van der Waals surface area contributed by atoms with Gasteiger partial charge >= 0.3 is 0 Å². The van der Waals surface area contributed by atoms with Gasteiger partial charge < -0.3 is 21.5 Å². The van der Waals surface area contributed by atoms with Crippen molar-refractivity contribution in [1.82, 2.24) is 5.32 Å². The summed E-state index contributed by atoms with van der Waals surface area (Å²) in [7, 11) is 1.72. The van der Waals surface area contributed by atoms with Gasteiger partial charge in [0.15, 0.2) is 0 Å². The molecule has 0 spiro atoms. The van der Waals surface area contributed by atoms with E-state index in [4.69, 9.17) is 16.2 Å². The van der Waals surface area contributed by atoms with Crippen LogP contribution in [0, 0.1) is 5.41 Å². The number of nitrogens with one attached hydrogen (secondary N) is 1. The SMILES string of the molecule is COC1CC(NCC(N)C(N)=O)C1(C)C. The molecule has 0 radical (unpaired) electrons. The minimum absolute atomic E-state index is 0.0894. The van der Waals surface area contributed by atoms with E-state index in [0.717, 1.165) is 6.42 Å². The predicted molar refractivity (Wildman–Crippen MR) is 58.2 cm³/mol. The number of methoxy groups -OCH3 is 1. The van der Waals surface area contributed by atoms with Crippen LogP contribution in [0.2, 0.25) is 0 Å². The number of carbonyl (C=O) groups excluding carboxylic acids is 1. The van der Waals surface area contributed by atoms with E-state index in [-0.39, 0.29) is 11.5 Å². The summed E-state index contributed by atoms with van der Waals surface area (Å²) in [6.07, 6.45) is 1.23. The van der Waals surface area contributed by atoms with E-state index in [0.29, 0.717) is 12.6 Å². The Bertz CT molecular complexity index is 243. The van der Waals surface area contributed by atoms with Crippen molar-refractivity contribution in [3.8, 4) is 0 Å². The van der Waals surface area contributed by atoms with Gasteiger partial charge in [-0.1, -0.05) is 13.8 Å². The Labute approximate surface area is 90.5 Å². The topological polar surface area (TPSA) is 90.4 Å². The smallest absolute Gasteiger partial charge is 0.235 e. The van der Waals surface area contributed by atoms with Crippen molar-refractivity contribution in [2.45, 2.75) is 38.5 Å². The highest BCUT2D eigenvalue weighted by atomic mass is 16.5. The third-order valence-corrected chi connectivity index (χ3v) is 3.41. The van der Waals surface area contributed by atoms with E-state index in [1.165, 1.54) is 0 Å². The van der Waals surface area contributed by atoms with E-state index in [2.05, 4.69) is 19.2 Å². The van der Waals surface area contributed by atoms with Crippen molar-refractivity contribution in [2.75, 3.05) is 13.7 Å². The standard InChI is InChI=1S/C10H21N3O2/c1-10(2)7(4-8(10)15-3)13-5-6(11)9(12)14/h6-8,13H,4-5,11H2,1-3H3,(H2,12,14). The van der Waals surface area contributed by atoms with Gasteiger partial charge in [0.25, 0.3) is 0 Å². The molecule has 15 heavy (non-hydrogen) atoms. The van der Waals surface area contributed by atoms with Crippen LogP contribution in [0.15, 0.2) is 0 Å². The summed E-state index contributed by atoms with van der Waals surface area (Å²) in [4.78, 5) is 10.7. The normalized spacial score (nSPS) is 30.7. The van der Waals surface area contributed by atoms with Crippen LogP contribution < -0.4 is 16.8 Å². The first-order valence-corrected chi connectivity index (χ1v) is 5.20. The summed E-state index contributed by atoms with van der Waals surface area (Å²) in [6.45, 7) is 4.70. The van der Waals surface area contributed by atoms with Crippen molar-refractivity contribution in [2.24, 2.45) is 16.9 Å². The molecular formula is C10H21N3O2. The van der Waals surface area contributed by atoms with Gasteiger partial charge in [-0.3, -0.25) is 4.79 Å². The van der Waals surface area contributed by atoms with Gasteiger partial charge in [0, 0.05) is 25.1 Å². The summed E-state index contributed by atoms with van der Waals surface area (Å²) in [5, 5.41) is 3.25. The average molecular weight is 215 g/mol. The van der Waals surface area contributed by atoms with Crippen molar-refractivity contribution < 1.29 is 9.53 Å². The van der Waals surface area contributed by atoms with E-state index in [1.54, 1.807) is 7.11 Å². The van der Waals surface area contributed by atoms with Gasteiger partial charge in [0.1, 0.15) is 0 Å². The quantitative estimate of drug-likeness (QED) is 0.560. The number of hydrogen-bond acceptors (Lipinski definition) is 4. The Balaban J connectivity index is 2.34. The second kappa shape index (κ2) is 4.47. The maximum Gasteiger partial charge on any atom is 0.235 e. The lowest BCUT2D eigenvalue weighted by Gasteiger charge is -2.51. The summed E-state index contributed by atoms with van der Waals surface area (Å²) in [5.74, 6) is -0.470. The van der Waals surface area contributed by atoms with E-state index >= 15 is 0 Å². The van der Waals surface area contributed by atoms with Crippen LogP contribution in [0.5, 0.6) is 0 Å². The molecule has 0 saturated heterocycles. The molecule has 0 bridgehead atoms. The van der Waals surface area contributed by atoms with Gasteiger partial charge in [-0.25, -0.2) is 0 Å². The van der Waals surface area contributed by atoms with Gasteiger partial charge in [-0.15, -0.1) is 0 Å². The summed E-state index contributed by atoms with van der Waals surface area (Å²) in [6, 6.07) is -0.268. The molecule has 5 heteroatoms. The van der Waals surface area contributed by atoms with Gasteiger partial charge in [0.05, 0.1) is 12.1 Å². The van der Waals surface area contributed by atoms with Crippen LogP contribution in [0.4, 0.5) is 0 Å². The highest BCUT2D eigenvalue weighted by molar-refractivity contribution is 5.79. The van der Waals surface area contributed by atoms with Crippen LogP contribution in [-0.2, 0) is 9.53 Å². The Morgan fingerprint density at radius 3 is 2.67 bits per heavy atom. The minimum Gasteiger partial charge on any atom is -0.381 e. The Morgan fingerprint density at radius 1 is 1.67 bits per heavy atom. The van der Waals surface area contributed by atoms with E-state index in [1.807, 2.05) is 0 Å². The molecule has 1 rings (SSSR count). The first-order valence-electron chi connectivity index (χ1n) is 5.20. The van der Waals surface area contributed by atoms with Crippen LogP contribution in [-0.4, -0.2) is 37.7 Å². The molecule has 1 saturated carbocycles. The predicted octanol–water partition coefficient (Wildman–Crippen LogP) is -0.798. The molecule has 88 valence electrons. The largest absolute Gasteiger partial charge is 0.381 e. The monoisotopic (exact) mass is 215 g/mol. The molecule has 0 aliphatic heterocycles. The fourth-order valence-corrected chi connectivity index (χ4v) is 2.00. The number of amides is 1. The second-order valence-corrected chi connectivity index (χ2v) is 4.75. The molecule has 3 unspecified atom stereocenters. The number of carbonyl (C=O) groups is 1. The molecule has 1 aliphatic rings. The zero-order chi connectivity index (χ0) is 11.6. The number of ether oxygens (including phenoxy) is 1. The highest BCUT2D eigenvalue weighted by Crippen LogP contribution is 2.42. The maximum absolute atomic E-state index is 10.7. The van der Waals surface area contributed by atoms with E-state index < -0.39 is 11.9 Å². The Morgan fingerprint density at radius 2 is 2.27 bits per heavy atom. The zero-order valence-corrected chi connectivity index (χ0v) is 9.62. The van der Waals surface area contributed by atoms with Crippen molar-refractivity contribution >= 4 is 5.91 Å². The van der Waals surface area contributed by atoms with Crippen molar-refractivity contribution in [1.29, 1.82) is 0 Å². The lowest BCUT2D eigenvalue weighted by Crippen LogP contribution is -2.62. The minimum atomic E-state index is -0.609. The third kappa shape index (κ3) is 2.48. The van der Waals surface area contributed by atoms with Gasteiger partial charge in [-0.2, -0.15) is 0 Å². The fourth-order valence-electron chi connectivity index (χ4n) is 2.00. The average Bonchev–Trinajstić information content (AvgIpc) is 2.15. The van der Waals surface area contributed by atoms with Gasteiger partial charge in [0.2, 0.25) is 5.91 Å². The molecule has 1 aliphatic carbocycles. The summed E-state index contributed by atoms with van der Waals surface area (Å²) in [5.41, 5.74) is 10.7. The molecule has 0 aromatic heterocycles. The molecule has 0 aromatic carbocycles. The van der Waals surface area contributed by atoms with Crippen LogP contribution >= 0.6 is 0 Å². The lowest BCUT2D eigenvalue weighted by molar-refractivity contribution is -0.120. The molecule has 1 fully saturated rings.